The number of nitrogens with one attached hydrogen (secondary N) is 2. The number of carboxylic acid groups (broad SMARTS) is 1. The van der Waals surface area contributed by atoms with E-state index in [0.29, 0.717) is 6.54 Å². The molecule has 7 nitrogen and oxygen atoms in total. The maximum absolute atomic E-state index is 11.7. The first-order chi connectivity index (χ1) is 9.16. The fourth-order valence-corrected chi connectivity index (χ4v) is 2.33. The molecule has 3 unspecified atom stereocenters. The van der Waals surface area contributed by atoms with Gasteiger partial charge in [0.1, 0.15) is 5.92 Å². The fourth-order valence-electron chi connectivity index (χ4n) is 2.33. The zero-order valence-electron chi connectivity index (χ0n) is 10.8. The summed E-state index contributed by atoms with van der Waals surface area (Å²) in [7, 11) is 0. The molecule has 0 aliphatic carbocycles. The van der Waals surface area contributed by atoms with Gasteiger partial charge in [-0.1, -0.05) is 0 Å². The summed E-state index contributed by atoms with van der Waals surface area (Å²) < 4.78 is 10.6. The highest BCUT2D eigenvalue weighted by Crippen LogP contribution is 2.14. The van der Waals surface area contributed by atoms with E-state index in [0.717, 1.165) is 25.9 Å². The molecule has 0 saturated carbocycles. The van der Waals surface area contributed by atoms with E-state index in [9.17, 15) is 9.59 Å². The minimum atomic E-state index is -0.946. The second-order valence-electron chi connectivity index (χ2n) is 4.93. The van der Waals surface area contributed by atoms with Gasteiger partial charge in [0.05, 0.1) is 25.4 Å². The quantitative estimate of drug-likeness (QED) is 0.667. The number of hydrogen-bond donors (Lipinski definition) is 3. The van der Waals surface area contributed by atoms with Crippen LogP contribution in [0.4, 0.5) is 4.79 Å². The van der Waals surface area contributed by atoms with Crippen LogP contribution in [0.3, 0.4) is 0 Å². The van der Waals surface area contributed by atoms with Crippen molar-refractivity contribution < 1.29 is 24.2 Å². The molecule has 19 heavy (non-hydrogen) atoms. The van der Waals surface area contributed by atoms with Crippen molar-refractivity contribution in [1.29, 1.82) is 0 Å². The number of carbonyl (C=O) groups is 2. The first-order valence-electron chi connectivity index (χ1n) is 6.63. The van der Waals surface area contributed by atoms with Crippen LogP contribution in [-0.2, 0) is 14.3 Å². The predicted molar refractivity (Wildman–Crippen MR) is 65.9 cm³/mol. The van der Waals surface area contributed by atoms with Crippen molar-refractivity contribution in [1.82, 2.24) is 10.6 Å². The number of rotatable bonds is 4. The maximum Gasteiger partial charge on any atom is 0.315 e. The van der Waals surface area contributed by atoms with Crippen molar-refractivity contribution in [2.75, 3.05) is 26.4 Å². The van der Waals surface area contributed by atoms with E-state index in [1.54, 1.807) is 0 Å². The molecular formula is C12H20N2O5. The normalized spacial score (nSPS) is 30.8. The van der Waals surface area contributed by atoms with Crippen LogP contribution in [0.5, 0.6) is 0 Å². The Kier molecular flexibility index (Phi) is 4.98. The van der Waals surface area contributed by atoms with E-state index in [4.69, 9.17) is 14.6 Å². The predicted octanol–water partition coefficient (Wildman–Crippen LogP) is -0.0457. The van der Waals surface area contributed by atoms with Gasteiger partial charge in [-0.3, -0.25) is 4.79 Å². The summed E-state index contributed by atoms with van der Waals surface area (Å²) in [5.74, 6) is -1.62. The molecule has 2 heterocycles. The molecule has 0 aromatic carbocycles. The van der Waals surface area contributed by atoms with Gasteiger partial charge in [-0.25, -0.2) is 4.79 Å². The molecule has 0 aromatic rings. The summed E-state index contributed by atoms with van der Waals surface area (Å²) in [5, 5.41) is 14.3. The minimum absolute atomic E-state index is 0.0644. The van der Waals surface area contributed by atoms with E-state index >= 15 is 0 Å². The van der Waals surface area contributed by atoms with Crippen LogP contribution in [0.1, 0.15) is 19.3 Å². The van der Waals surface area contributed by atoms with Crippen LogP contribution in [0, 0.1) is 5.92 Å². The van der Waals surface area contributed by atoms with Crippen molar-refractivity contribution in [2.24, 2.45) is 5.92 Å². The van der Waals surface area contributed by atoms with E-state index in [1.807, 2.05) is 0 Å². The van der Waals surface area contributed by atoms with Crippen LogP contribution in [0.15, 0.2) is 0 Å². The van der Waals surface area contributed by atoms with Crippen LogP contribution in [-0.4, -0.2) is 55.6 Å². The molecule has 2 amide bonds. The highest BCUT2D eigenvalue weighted by molar-refractivity contribution is 5.77. The lowest BCUT2D eigenvalue weighted by Gasteiger charge is -2.23. The number of aliphatic carboxylic acids is 1. The van der Waals surface area contributed by atoms with Gasteiger partial charge in [0.15, 0.2) is 0 Å². The van der Waals surface area contributed by atoms with Gasteiger partial charge in [0, 0.05) is 13.2 Å². The Morgan fingerprint density at radius 2 is 2.11 bits per heavy atom. The second-order valence-corrected chi connectivity index (χ2v) is 4.93. The van der Waals surface area contributed by atoms with Crippen molar-refractivity contribution in [3.05, 3.63) is 0 Å². The van der Waals surface area contributed by atoms with Crippen LogP contribution in [0.2, 0.25) is 0 Å². The average molecular weight is 272 g/mol. The molecule has 0 radical (unpaired) electrons. The Morgan fingerprint density at radius 1 is 1.26 bits per heavy atom. The van der Waals surface area contributed by atoms with Gasteiger partial charge < -0.3 is 25.2 Å². The Hall–Kier alpha value is -1.34. The summed E-state index contributed by atoms with van der Waals surface area (Å²) in [4.78, 5) is 22.6. The van der Waals surface area contributed by atoms with Gasteiger partial charge in [-0.2, -0.15) is 0 Å². The zero-order chi connectivity index (χ0) is 13.7. The molecular weight excluding hydrogens is 252 g/mol. The molecule has 2 aliphatic heterocycles. The standard InChI is InChI=1S/C12H20N2O5/c15-11(16)9-6-18-7-10(9)14-12(17)13-5-8-3-1-2-4-19-8/h8-10H,1-7H2,(H,15,16)(H2,13,14,17). The molecule has 0 spiro atoms. The van der Waals surface area contributed by atoms with E-state index in [1.165, 1.54) is 0 Å². The van der Waals surface area contributed by atoms with Crippen molar-refractivity contribution in [3.63, 3.8) is 0 Å². The molecule has 2 fully saturated rings. The molecule has 0 bridgehead atoms. The van der Waals surface area contributed by atoms with E-state index in [-0.39, 0.29) is 25.3 Å². The minimum Gasteiger partial charge on any atom is -0.481 e. The lowest BCUT2D eigenvalue weighted by Crippen LogP contribution is -2.49. The molecule has 3 N–H and O–H groups in total. The van der Waals surface area contributed by atoms with Gasteiger partial charge >= 0.3 is 12.0 Å². The molecule has 7 heteroatoms. The number of carbonyl (C=O) groups excluding carboxylic acids is 1. The second kappa shape index (κ2) is 6.72. The number of ether oxygens (including phenoxy) is 2. The van der Waals surface area contributed by atoms with Crippen molar-refractivity contribution in [3.8, 4) is 0 Å². The lowest BCUT2D eigenvalue weighted by molar-refractivity contribution is -0.142. The van der Waals surface area contributed by atoms with Crippen LogP contribution in [0.25, 0.3) is 0 Å². The molecule has 2 saturated heterocycles. The van der Waals surface area contributed by atoms with Gasteiger partial charge in [0.2, 0.25) is 0 Å². The first-order valence-corrected chi connectivity index (χ1v) is 6.63. The summed E-state index contributed by atoms with van der Waals surface area (Å²) in [6.45, 7) is 1.58. The molecule has 3 atom stereocenters. The topological polar surface area (TPSA) is 96.9 Å². The highest BCUT2D eigenvalue weighted by Gasteiger charge is 2.35. The zero-order valence-corrected chi connectivity index (χ0v) is 10.8. The van der Waals surface area contributed by atoms with Crippen molar-refractivity contribution in [2.45, 2.75) is 31.4 Å². The van der Waals surface area contributed by atoms with Gasteiger partial charge in [0.25, 0.3) is 0 Å². The van der Waals surface area contributed by atoms with Crippen molar-refractivity contribution >= 4 is 12.0 Å². The number of urea groups is 1. The van der Waals surface area contributed by atoms with E-state index < -0.39 is 17.9 Å². The third-order valence-electron chi connectivity index (χ3n) is 3.48. The third kappa shape index (κ3) is 4.07. The Labute approximate surface area is 111 Å². The Balaban J connectivity index is 1.70. The largest absolute Gasteiger partial charge is 0.481 e. The Bertz CT molecular complexity index is 330. The fraction of sp³-hybridized carbons (Fsp3) is 0.833. The molecule has 0 aromatic heterocycles. The first kappa shape index (κ1) is 14.1. The highest BCUT2D eigenvalue weighted by atomic mass is 16.5. The summed E-state index contributed by atoms with van der Waals surface area (Å²) in [6, 6.07) is -0.833. The van der Waals surface area contributed by atoms with Crippen LogP contribution >= 0.6 is 0 Å². The molecule has 2 aliphatic rings. The monoisotopic (exact) mass is 272 g/mol. The molecule has 108 valence electrons. The number of carboxylic acids is 1. The maximum atomic E-state index is 11.7. The number of hydrogen-bond acceptors (Lipinski definition) is 4. The smallest absolute Gasteiger partial charge is 0.315 e. The van der Waals surface area contributed by atoms with Crippen LogP contribution < -0.4 is 10.6 Å². The van der Waals surface area contributed by atoms with Gasteiger partial charge in [-0.15, -0.1) is 0 Å². The SMILES string of the molecule is O=C(NCC1CCCCO1)NC1COCC1C(=O)O. The summed E-state index contributed by atoms with van der Waals surface area (Å²) >= 11 is 0. The lowest BCUT2D eigenvalue weighted by atomic mass is 10.0. The molecule has 2 rings (SSSR count). The van der Waals surface area contributed by atoms with Gasteiger partial charge in [-0.05, 0) is 19.3 Å². The number of amides is 2. The summed E-state index contributed by atoms with van der Waals surface area (Å²) in [6.07, 6.45) is 3.20. The summed E-state index contributed by atoms with van der Waals surface area (Å²) in [5.41, 5.74) is 0. The third-order valence-corrected chi connectivity index (χ3v) is 3.48. The van der Waals surface area contributed by atoms with E-state index in [2.05, 4.69) is 10.6 Å². The Morgan fingerprint density at radius 3 is 2.79 bits per heavy atom. The average Bonchev–Trinajstić information content (AvgIpc) is 2.86.